The average molecular weight is 349 g/mol. The molecule has 0 aromatic heterocycles. The van der Waals surface area contributed by atoms with Crippen molar-refractivity contribution in [1.29, 1.82) is 0 Å². The Hall–Kier alpha value is -2.28. The summed E-state index contributed by atoms with van der Waals surface area (Å²) >= 11 is 0. The van der Waals surface area contributed by atoms with Crippen molar-refractivity contribution in [2.24, 2.45) is 4.99 Å². The van der Waals surface area contributed by atoms with Crippen molar-refractivity contribution in [3.8, 4) is 5.75 Å². The first-order chi connectivity index (χ1) is 11.9. The van der Waals surface area contributed by atoms with Crippen LogP contribution in [0.25, 0.3) is 0 Å². The number of hydrogen-bond acceptors (Lipinski definition) is 4. The second kappa shape index (κ2) is 10.6. The number of nitrogens with zero attached hydrogens (tertiary/aromatic N) is 3. The fraction of sp³-hybridized carbons (Fsp3) is 0.556. The number of aliphatic imine (C=N–C) groups is 1. The van der Waals surface area contributed by atoms with Gasteiger partial charge in [-0.15, -0.1) is 0 Å². The predicted molar refractivity (Wildman–Crippen MR) is 102 cm³/mol. The van der Waals surface area contributed by atoms with Crippen LogP contribution in [-0.2, 0) is 4.79 Å². The van der Waals surface area contributed by atoms with Crippen LogP contribution in [0.15, 0.2) is 29.3 Å². The zero-order valence-corrected chi connectivity index (χ0v) is 16.2. The topological polar surface area (TPSA) is 69.2 Å². The molecule has 7 heteroatoms. The molecule has 1 rings (SSSR count). The van der Waals surface area contributed by atoms with Gasteiger partial charge in [-0.1, -0.05) is 12.1 Å². The molecule has 140 valence electrons. The highest BCUT2D eigenvalue weighted by molar-refractivity contribution is 5.84. The maximum Gasteiger partial charge on any atom is 0.243 e. The van der Waals surface area contributed by atoms with Crippen molar-refractivity contribution < 1.29 is 9.53 Å². The first-order valence-corrected chi connectivity index (χ1v) is 8.41. The van der Waals surface area contributed by atoms with Gasteiger partial charge in [-0.2, -0.15) is 0 Å². The third kappa shape index (κ3) is 7.01. The molecular formula is C18H31N5O2. The Labute approximate surface area is 151 Å². The predicted octanol–water partition coefficient (Wildman–Crippen LogP) is 0.941. The largest absolute Gasteiger partial charge is 0.497 e. The van der Waals surface area contributed by atoms with Crippen LogP contribution >= 0.6 is 0 Å². The summed E-state index contributed by atoms with van der Waals surface area (Å²) in [5, 5.41) is 6.49. The van der Waals surface area contributed by atoms with Gasteiger partial charge in [0, 0.05) is 27.2 Å². The Balaban J connectivity index is 2.78. The zero-order valence-electron chi connectivity index (χ0n) is 16.2. The molecular weight excluding hydrogens is 318 g/mol. The van der Waals surface area contributed by atoms with Crippen molar-refractivity contribution in [3.63, 3.8) is 0 Å². The van der Waals surface area contributed by atoms with Gasteiger partial charge in [-0.25, -0.2) is 4.99 Å². The van der Waals surface area contributed by atoms with E-state index >= 15 is 0 Å². The highest BCUT2D eigenvalue weighted by atomic mass is 16.5. The van der Waals surface area contributed by atoms with E-state index in [1.54, 1.807) is 21.2 Å². The van der Waals surface area contributed by atoms with Gasteiger partial charge in [0.1, 0.15) is 12.3 Å². The van der Waals surface area contributed by atoms with E-state index in [-0.39, 0.29) is 18.5 Å². The lowest BCUT2D eigenvalue weighted by molar-refractivity contribution is -0.127. The second-order valence-corrected chi connectivity index (χ2v) is 6.12. The van der Waals surface area contributed by atoms with Gasteiger partial charge in [-0.3, -0.25) is 4.79 Å². The first-order valence-electron chi connectivity index (χ1n) is 8.41. The molecule has 2 N–H and O–H groups in total. The molecule has 0 bridgehead atoms. The molecule has 0 heterocycles. The van der Waals surface area contributed by atoms with Crippen LogP contribution in [0.2, 0.25) is 0 Å². The Morgan fingerprint density at radius 1 is 1.16 bits per heavy atom. The summed E-state index contributed by atoms with van der Waals surface area (Å²) in [6.45, 7) is 3.52. The normalized spacial score (nSPS) is 12.7. The van der Waals surface area contributed by atoms with Gasteiger partial charge in [0.25, 0.3) is 0 Å². The molecule has 1 amide bonds. The van der Waals surface area contributed by atoms with Crippen LogP contribution in [0.4, 0.5) is 0 Å². The number of benzene rings is 1. The smallest absolute Gasteiger partial charge is 0.243 e. The van der Waals surface area contributed by atoms with Crippen molar-refractivity contribution in [1.82, 2.24) is 20.4 Å². The van der Waals surface area contributed by atoms with Crippen LogP contribution in [0.3, 0.4) is 0 Å². The van der Waals surface area contributed by atoms with Gasteiger partial charge < -0.3 is 25.2 Å². The molecule has 0 spiro atoms. The highest BCUT2D eigenvalue weighted by Gasteiger charge is 2.15. The molecule has 1 aromatic carbocycles. The van der Waals surface area contributed by atoms with Gasteiger partial charge in [-0.05, 0) is 38.7 Å². The Morgan fingerprint density at radius 2 is 1.80 bits per heavy atom. The number of methoxy groups -OCH3 is 1. The van der Waals surface area contributed by atoms with Crippen LogP contribution in [-0.4, -0.2) is 76.6 Å². The van der Waals surface area contributed by atoms with Gasteiger partial charge in [0.2, 0.25) is 5.91 Å². The van der Waals surface area contributed by atoms with Crippen molar-refractivity contribution in [2.45, 2.75) is 13.0 Å². The number of amides is 1. The van der Waals surface area contributed by atoms with Crippen molar-refractivity contribution >= 4 is 11.9 Å². The number of nitrogens with one attached hydrogen (secondary N) is 2. The highest BCUT2D eigenvalue weighted by Crippen LogP contribution is 2.20. The maximum atomic E-state index is 11.7. The fourth-order valence-corrected chi connectivity index (χ4v) is 2.25. The standard InChI is InChI=1S/C18H31N5O2/c1-7-19-18(21-13-17(24)23(4)5)20-12-16(22(2)3)14-8-10-15(25-6)11-9-14/h8-11,16H,7,12-13H2,1-6H3,(H2,19,20,21). The first kappa shape index (κ1) is 20.8. The number of likely N-dealkylation sites (N-methyl/N-ethyl adjacent to an activating group) is 2. The summed E-state index contributed by atoms with van der Waals surface area (Å²) in [6, 6.07) is 8.21. The lowest BCUT2D eigenvalue weighted by atomic mass is 10.1. The monoisotopic (exact) mass is 349 g/mol. The van der Waals surface area contributed by atoms with E-state index in [4.69, 9.17) is 4.74 Å². The number of ether oxygens (including phenoxy) is 1. The van der Waals surface area contributed by atoms with E-state index in [1.807, 2.05) is 33.2 Å². The fourth-order valence-electron chi connectivity index (χ4n) is 2.25. The van der Waals surface area contributed by atoms with Gasteiger partial charge in [0.15, 0.2) is 5.96 Å². The van der Waals surface area contributed by atoms with E-state index in [1.165, 1.54) is 10.5 Å². The summed E-state index contributed by atoms with van der Waals surface area (Å²) in [7, 11) is 9.19. The number of rotatable bonds is 8. The molecule has 1 atom stereocenters. The van der Waals surface area contributed by atoms with E-state index in [2.05, 4.69) is 32.7 Å². The van der Waals surface area contributed by atoms with Gasteiger partial charge >= 0.3 is 0 Å². The third-order valence-electron chi connectivity index (χ3n) is 3.80. The molecule has 7 nitrogen and oxygen atoms in total. The van der Waals surface area contributed by atoms with Crippen LogP contribution < -0.4 is 15.4 Å². The van der Waals surface area contributed by atoms with Crippen LogP contribution in [0, 0.1) is 0 Å². The summed E-state index contributed by atoms with van der Waals surface area (Å²) < 4.78 is 5.22. The minimum atomic E-state index is -0.0310. The average Bonchev–Trinajstić information content (AvgIpc) is 2.59. The lowest BCUT2D eigenvalue weighted by Crippen LogP contribution is -2.42. The SMILES string of the molecule is CCNC(=NCC(=O)N(C)C)NCC(c1ccc(OC)cc1)N(C)C. The maximum absolute atomic E-state index is 11.7. The van der Waals surface area contributed by atoms with Gasteiger partial charge in [0.05, 0.1) is 13.2 Å². The van der Waals surface area contributed by atoms with Crippen molar-refractivity contribution in [2.75, 3.05) is 54.9 Å². The molecule has 1 unspecified atom stereocenters. The number of hydrogen-bond donors (Lipinski definition) is 2. The molecule has 25 heavy (non-hydrogen) atoms. The molecule has 0 radical (unpaired) electrons. The molecule has 0 saturated carbocycles. The minimum absolute atomic E-state index is 0.0310. The second-order valence-electron chi connectivity index (χ2n) is 6.12. The molecule has 0 aliphatic carbocycles. The zero-order chi connectivity index (χ0) is 18.8. The van der Waals surface area contributed by atoms with Crippen LogP contribution in [0.5, 0.6) is 5.75 Å². The number of carbonyl (C=O) groups excluding carboxylic acids is 1. The molecule has 0 aliphatic rings. The van der Waals surface area contributed by atoms with E-state index in [9.17, 15) is 4.79 Å². The van der Waals surface area contributed by atoms with Crippen LogP contribution in [0.1, 0.15) is 18.5 Å². The molecule has 1 aromatic rings. The quantitative estimate of drug-likeness (QED) is 0.540. The van der Waals surface area contributed by atoms with E-state index in [0.29, 0.717) is 12.5 Å². The number of carbonyl (C=O) groups is 1. The summed E-state index contributed by atoms with van der Waals surface area (Å²) in [5.74, 6) is 1.45. The Morgan fingerprint density at radius 3 is 2.28 bits per heavy atom. The third-order valence-corrected chi connectivity index (χ3v) is 3.80. The molecule has 0 fully saturated rings. The summed E-state index contributed by atoms with van der Waals surface area (Å²) in [5.41, 5.74) is 1.18. The molecule has 0 saturated heterocycles. The number of guanidine groups is 1. The summed E-state index contributed by atoms with van der Waals surface area (Å²) in [6.07, 6.45) is 0. The van der Waals surface area contributed by atoms with E-state index in [0.717, 1.165) is 12.3 Å². The van der Waals surface area contributed by atoms with E-state index < -0.39 is 0 Å². The Bertz CT molecular complexity index is 555. The lowest BCUT2D eigenvalue weighted by Gasteiger charge is -2.26. The van der Waals surface area contributed by atoms with Crippen molar-refractivity contribution in [3.05, 3.63) is 29.8 Å². The Kier molecular flexibility index (Phi) is 8.77. The molecule has 0 aliphatic heterocycles. The minimum Gasteiger partial charge on any atom is -0.497 e. The summed E-state index contributed by atoms with van der Waals surface area (Å²) in [4.78, 5) is 19.8.